The predicted octanol–water partition coefficient (Wildman–Crippen LogP) is 2.99. The van der Waals surface area contributed by atoms with Crippen LogP contribution in [0.4, 0.5) is 0 Å². The number of para-hydroxylation sites is 1. The zero-order valence-electron chi connectivity index (χ0n) is 15.2. The molecule has 1 spiro atoms. The smallest absolute Gasteiger partial charge is 0.273 e. The molecule has 1 N–H and O–H groups in total. The molecule has 140 valence electrons. The van der Waals surface area contributed by atoms with E-state index >= 15 is 0 Å². The molecule has 0 radical (unpaired) electrons. The van der Waals surface area contributed by atoms with Crippen molar-refractivity contribution < 1.29 is 14.3 Å². The van der Waals surface area contributed by atoms with Gasteiger partial charge in [-0.1, -0.05) is 36.4 Å². The minimum atomic E-state index is -0.756. The maximum atomic E-state index is 13.1. The van der Waals surface area contributed by atoms with Crippen LogP contribution in [0.5, 0.6) is 5.75 Å². The Bertz CT molecular complexity index is 1080. The lowest BCUT2D eigenvalue weighted by molar-refractivity contribution is -0.0246. The van der Waals surface area contributed by atoms with Gasteiger partial charge in [0.1, 0.15) is 11.4 Å². The van der Waals surface area contributed by atoms with Crippen LogP contribution in [0.15, 0.2) is 60.8 Å². The molecule has 3 heterocycles. The van der Waals surface area contributed by atoms with E-state index in [1.54, 1.807) is 17.2 Å². The molecule has 0 aliphatic carbocycles. The number of hydrogen-bond acceptors (Lipinski definition) is 4. The number of likely N-dealkylation sites (tertiary alicyclic amines) is 1. The van der Waals surface area contributed by atoms with Gasteiger partial charge < -0.3 is 15.0 Å². The number of amides is 2. The summed E-state index contributed by atoms with van der Waals surface area (Å²) in [6.45, 7) is 0.984. The fourth-order valence-corrected chi connectivity index (χ4v) is 3.99. The Balaban J connectivity index is 1.36. The number of hydrogen-bond donors (Lipinski definition) is 1. The van der Waals surface area contributed by atoms with E-state index in [1.807, 2.05) is 48.5 Å². The van der Waals surface area contributed by atoms with E-state index < -0.39 is 5.72 Å². The molecule has 28 heavy (non-hydrogen) atoms. The van der Waals surface area contributed by atoms with Gasteiger partial charge in [0.2, 0.25) is 0 Å². The fourth-order valence-electron chi connectivity index (χ4n) is 3.99. The standard InChI is InChI=1S/C22H19N3O3/c26-20-17-7-3-4-8-18(17)28-22(24-20)10-13-25(14-11-22)21(27)19-16-6-2-1-5-15(16)9-12-23-19/h1-9,12H,10-11,13-14H2,(H,24,26). The van der Waals surface area contributed by atoms with E-state index in [-0.39, 0.29) is 11.8 Å². The van der Waals surface area contributed by atoms with Crippen molar-refractivity contribution in [2.75, 3.05) is 13.1 Å². The Morgan fingerprint density at radius 3 is 2.64 bits per heavy atom. The summed E-state index contributed by atoms with van der Waals surface area (Å²) >= 11 is 0. The third-order valence-electron chi connectivity index (χ3n) is 5.51. The van der Waals surface area contributed by atoms with E-state index in [9.17, 15) is 9.59 Å². The first kappa shape index (κ1) is 16.7. The summed E-state index contributed by atoms with van der Waals surface area (Å²) < 4.78 is 6.15. The number of ether oxygens (including phenoxy) is 1. The number of carbonyl (C=O) groups is 2. The van der Waals surface area contributed by atoms with Crippen molar-refractivity contribution in [1.29, 1.82) is 0 Å². The van der Waals surface area contributed by atoms with Gasteiger partial charge in [0.25, 0.3) is 11.8 Å². The Labute approximate surface area is 162 Å². The SMILES string of the molecule is O=C1NC2(CCN(C(=O)c3nccc4ccccc34)CC2)Oc2ccccc21. The number of rotatable bonds is 1. The van der Waals surface area contributed by atoms with Gasteiger partial charge in [0.15, 0.2) is 5.72 Å². The largest absolute Gasteiger partial charge is 0.467 e. The summed E-state index contributed by atoms with van der Waals surface area (Å²) in [7, 11) is 0. The van der Waals surface area contributed by atoms with Gasteiger partial charge in [0, 0.05) is 37.5 Å². The molecule has 2 aliphatic heterocycles. The monoisotopic (exact) mass is 373 g/mol. The van der Waals surface area contributed by atoms with Crippen molar-refractivity contribution in [2.45, 2.75) is 18.6 Å². The van der Waals surface area contributed by atoms with Crippen LogP contribution in [-0.4, -0.2) is 40.5 Å². The van der Waals surface area contributed by atoms with Crippen LogP contribution in [0.1, 0.15) is 33.7 Å². The molecule has 0 saturated carbocycles. The topological polar surface area (TPSA) is 71.5 Å². The third-order valence-corrected chi connectivity index (χ3v) is 5.51. The lowest BCUT2D eigenvalue weighted by Crippen LogP contribution is -2.61. The van der Waals surface area contributed by atoms with Gasteiger partial charge >= 0.3 is 0 Å². The predicted molar refractivity (Wildman–Crippen MR) is 104 cm³/mol. The molecular formula is C22H19N3O3. The van der Waals surface area contributed by atoms with Crippen molar-refractivity contribution >= 4 is 22.6 Å². The normalized spacial score (nSPS) is 17.7. The molecule has 1 aromatic heterocycles. The Hall–Kier alpha value is -3.41. The first-order valence-corrected chi connectivity index (χ1v) is 9.39. The van der Waals surface area contributed by atoms with Crippen molar-refractivity contribution in [3.8, 4) is 5.75 Å². The summed E-state index contributed by atoms with van der Waals surface area (Å²) in [5, 5.41) is 4.85. The summed E-state index contributed by atoms with van der Waals surface area (Å²) in [4.78, 5) is 31.7. The second kappa shape index (κ2) is 6.34. The van der Waals surface area contributed by atoms with Gasteiger partial charge in [-0.15, -0.1) is 0 Å². The molecule has 2 aliphatic rings. The molecule has 2 aromatic carbocycles. The Morgan fingerprint density at radius 1 is 1.04 bits per heavy atom. The maximum Gasteiger partial charge on any atom is 0.273 e. The third kappa shape index (κ3) is 2.69. The van der Waals surface area contributed by atoms with Crippen molar-refractivity contribution in [3.05, 3.63) is 72.1 Å². The molecule has 0 atom stereocenters. The number of piperidine rings is 1. The number of benzene rings is 2. The summed E-state index contributed by atoms with van der Waals surface area (Å²) in [6.07, 6.45) is 2.73. The summed E-state index contributed by atoms with van der Waals surface area (Å²) in [5.41, 5.74) is 0.258. The lowest BCUT2D eigenvalue weighted by Gasteiger charge is -2.44. The zero-order chi connectivity index (χ0) is 19.1. The summed E-state index contributed by atoms with van der Waals surface area (Å²) in [6, 6.07) is 16.9. The highest BCUT2D eigenvalue weighted by Crippen LogP contribution is 2.33. The minimum Gasteiger partial charge on any atom is -0.467 e. The molecule has 3 aromatic rings. The van der Waals surface area contributed by atoms with Gasteiger partial charge in [0.05, 0.1) is 5.56 Å². The first-order valence-electron chi connectivity index (χ1n) is 9.39. The van der Waals surface area contributed by atoms with Crippen LogP contribution in [0, 0.1) is 0 Å². The molecule has 0 unspecified atom stereocenters. The van der Waals surface area contributed by atoms with Gasteiger partial charge in [-0.3, -0.25) is 14.6 Å². The van der Waals surface area contributed by atoms with Crippen LogP contribution in [0.2, 0.25) is 0 Å². The van der Waals surface area contributed by atoms with E-state index in [0.717, 1.165) is 10.8 Å². The van der Waals surface area contributed by atoms with Crippen LogP contribution < -0.4 is 10.1 Å². The molecule has 1 fully saturated rings. The number of pyridine rings is 1. The quantitative estimate of drug-likeness (QED) is 0.712. The lowest BCUT2D eigenvalue weighted by atomic mass is 9.96. The van der Waals surface area contributed by atoms with E-state index in [4.69, 9.17) is 4.74 Å². The van der Waals surface area contributed by atoms with E-state index in [0.29, 0.717) is 42.9 Å². The number of aromatic nitrogens is 1. The highest BCUT2D eigenvalue weighted by atomic mass is 16.5. The molecule has 0 bridgehead atoms. The van der Waals surface area contributed by atoms with E-state index in [1.165, 1.54) is 0 Å². The number of nitrogens with zero attached hydrogens (tertiary/aromatic N) is 2. The highest BCUT2D eigenvalue weighted by molar-refractivity contribution is 6.05. The zero-order valence-corrected chi connectivity index (χ0v) is 15.2. The highest BCUT2D eigenvalue weighted by Gasteiger charge is 2.43. The molecule has 5 rings (SSSR count). The number of nitrogens with one attached hydrogen (secondary N) is 1. The van der Waals surface area contributed by atoms with Crippen molar-refractivity contribution in [3.63, 3.8) is 0 Å². The van der Waals surface area contributed by atoms with Crippen molar-refractivity contribution in [2.24, 2.45) is 0 Å². The average Bonchev–Trinajstić information content (AvgIpc) is 2.73. The van der Waals surface area contributed by atoms with Gasteiger partial charge in [-0.05, 0) is 23.6 Å². The second-order valence-electron chi connectivity index (χ2n) is 7.22. The van der Waals surface area contributed by atoms with Crippen LogP contribution in [-0.2, 0) is 0 Å². The Kier molecular flexibility index (Phi) is 3.79. The molecule has 6 heteroatoms. The fraction of sp³-hybridized carbons (Fsp3) is 0.227. The van der Waals surface area contributed by atoms with Crippen LogP contribution in [0.3, 0.4) is 0 Å². The van der Waals surface area contributed by atoms with Crippen molar-refractivity contribution in [1.82, 2.24) is 15.2 Å². The summed E-state index contributed by atoms with van der Waals surface area (Å²) in [5.74, 6) is 0.383. The van der Waals surface area contributed by atoms with Crippen LogP contribution >= 0.6 is 0 Å². The van der Waals surface area contributed by atoms with Gasteiger partial charge in [-0.25, -0.2) is 0 Å². The minimum absolute atomic E-state index is 0.0887. The number of fused-ring (bicyclic) bond motifs is 2. The second-order valence-corrected chi connectivity index (χ2v) is 7.22. The first-order chi connectivity index (χ1) is 13.7. The maximum absolute atomic E-state index is 13.1. The average molecular weight is 373 g/mol. The van der Waals surface area contributed by atoms with Crippen LogP contribution in [0.25, 0.3) is 10.8 Å². The Morgan fingerprint density at radius 2 is 1.79 bits per heavy atom. The molecule has 6 nitrogen and oxygen atoms in total. The number of carbonyl (C=O) groups excluding carboxylic acids is 2. The molecule has 2 amide bonds. The van der Waals surface area contributed by atoms with Gasteiger partial charge in [-0.2, -0.15) is 0 Å². The molecule has 1 saturated heterocycles. The van der Waals surface area contributed by atoms with E-state index in [2.05, 4.69) is 10.3 Å². The molecular weight excluding hydrogens is 354 g/mol.